The van der Waals surface area contributed by atoms with E-state index in [4.69, 9.17) is 0 Å². The first kappa shape index (κ1) is 16.8. The highest BCUT2D eigenvalue weighted by atomic mass is 79.9. The van der Waals surface area contributed by atoms with Crippen LogP contribution in [0, 0.1) is 6.92 Å². The molecule has 0 aromatic heterocycles. The zero-order valence-corrected chi connectivity index (χ0v) is 15.6. The van der Waals surface area contributed by atoms with Gasteiger partial charge in [-0.2, -0.15) is 0 Å². The number of aryl methyl sites for hydroxylation is 1. The Hall–Kier alpha value is -2.01. The lowest BCUT2D eigenvalue weighted by molar-refractivity contribution is 0.200. The first-order valence-electron chi connectivity index (χ1n) is 8.18. The van der Waals surface area contributed by atoms with Gasteiger partial charge >= 0.3 is 6.03 Å². The minimum atomic E-state index is -0.0342. The summed E-state index contributed by atoms with van der Waals surface area (Å²) >= 11 is 3.40. The number of nitrogens with zero attached hydrogens (tertiary/aromatic N) is 2. The molecule has 126 valence electrons. The summed E-state index contributed by atoms with van der Waals surface area (Å²) in [6, 6.07) is 16.4. The van der Waals surface area contributed by atoms with Crippen LogP contribution in [0.25, 0.3) is 0 Å². The van der Waals surface area contributed by atoms with Gasteiger partial charge in [-0.25, -0.2) is 4.79 Å². The fourth-order valence-corrected chi connectivity index (χ4v) is 3.33. The molecule has 24 heavy (non-hydrogen) atoms. The average Bonchev–Trinajstić information content (AvgIpc) is 2.57. The minimum absolute atomic E-state index is 0.0342. The number of hydrogen-bond acceptors (Lipinski definition) is 2. The topological polar surface area (TPSA) is 35.6 Å². The predicted molar refractivity (Wildman–Crippen MR) is 103 cm³/mol. The van der Waals surface area contributed by atoms with E-state index in [0.717, 1.165) is 29.8 Å². The van der Waals surface area contributed by atoms with Crippen LogP contribution in [0.15, 0.2) is 53.0 Å². The van der Waals surface area contributed by atoms with Gasteiger partial charge in [0, 0.05) is 41.5 Å². The second-order valence-electron chi connectivity index (χ2n) is 6.26. The molecule has 4 nitrogen and oxygen atoms in total. The van der Waals surface area contributed by atoms with Crippen LogP contribution in [0.2, 0.25) is 0 Å². The molecule has 1 fully saturated rings. The van der Waals surface area contributed by atoms with Crippen molar-refractivity contribution in [2.75, 3.05) is 29.9 Å². The van der Waals surface area contributed by atoms with Gasteiger partial charge in [-0.1, -0.05) is 28.1 Å². The number of rotatable bonds is 2. The monoisotopic (exact) mass is 387 g/mol. The van der Waals surface area contributed by atoms with Gasteiger partial charge in [0.25, 0.3) is 0 Å². The molecule has 2 aromatic rings. The summed E-state index contributed by atoms with van der Waals surface area (Å²) in [5.74, 6) is 0. The van der Waals surface area contributed by atoms with Crippen LogP contribution in [0.5, 0.6) is 0 Å². The van der Waals surface area contributed by atoms with Crippen molar-refractivity contribution in [1.82, 2.24) is 4.90 Å². The molecule has 1 atom stereocenters. The van der Waals surface area contributed by atoms with E-state index < -0.39 is 0 Å². The van der Waals surface area contributed by atoms with Crippen LogP contribution in [-0.4, -0.2) is 36.6 Å². The van der Waals surface area contributed by atoms with E-state index >= 15 is 0 Å². The molecule has 0 bridgehead atoms. The third-order valence-corrected chi connectivity index (χ3v) is 4.87. The van der Waals surface area contributed by atoms with Gasteiger partial charge in [-0.05, 0) is 55.8 Å². The number of halogens is 1. The maximum absolute atomic E-state index is 12.5. The molecule has 0 aliphatic carbocycles. The number of nitrogens with one attached hydrogen (secondary N) is 1. The number of urea groups is 1. The Morgan fingerprint density at radius 2 is 1.92 bits per heavy atom. The van der Waals surface area contributed by atoms with Crippen molar-refractivity contribution in [2.24, 2.45) is 0 Å². The lowest BCUT2D eigenvalue weighted by atomic mass is 10.1. The molecular formula is C19H22BrN3O. The molecule has 0 saturated carbocycles. The number of benzene rings is 2. The normalized spacial score (nSPS) is 17.7. The summed E-state index contributed by atoms with van der Waals surface area (Å²) < 4.78 is 1.00. The minimum Gasteiger partial charge on any atom is -0.365 e. The van der Waals surface area contributed by atoms with E-state index in [1.54, 1.807) is 0 Å². The summed E-state index contributed by atoms with van der Waals surface area (Å²) in [6.07, 6.45) is 0. The van der Waals surface area contributed by atoms with Gasteiger partial charge in [0.05, 0.1) is 0 Å². The van der Waals surface area contributed by atoms with Gasteiger partial charge in [-0.3, -0.25) is 0 Å². The Morgan fingerprint density at radius 3 is 2.58 bits per heavy atom. The van der Waals surface area contributed by atoms with Crippen LogP contribution in [0.4, 0.5) is 16.2 Å². The molecule has 3 rings (SSSR count). The second-order valence-corrected chi connectivity index (χ2v) is 7.18. The van der Waals surface area contributed by atoms with Crippen LogP contribution in [-0.2, 0) is 0 Å². The highest BCUT2D eigenvalue weighted by molar-refractivity contribution is 9.10. The fourth-order valence-electron chi connectivity index (χ4n) is 3.07. The summed E-state index contributed by atoms with van der Waals surface area (Å²) in [7, 11) is 0. The number of piperazine rings is 1. The lowest BCUT2D eigenvalue weighted by Gasteiger charge is -2.41. The van der Waals surface area contributed by atoms with Gasteiger partial charge in [0.1, 0.15) is 0 Å². The Balaban J connectivity index is 1.62. The summed E-state index contributed by atoms with van der Waals surface area (Å²) in [5, 5.41) is 2.97. The van der Waals surface area contributed by atoms with Crippen molar-refractivity contribution in [3.05, 3.63) is 58.6 Å². The first-order chi connectivity index (χ1) is 11.5. The van der Waals surface area contributed by atoms with E-state index in [-0.39, 0.29) is 12.1 Å². The number of hydrogen-bond donors (Lipinski definition) is 1. The van der Waals surface area contributed by atoms with Crippen LogP contribution < -0.4 is 10.2 Å². The molecule has 1 aliphatic heterocycles. The SMILES string of the molecule is Cc1cccc(N2CCN(C(=O)Nc3ccc(Br)cc3)C[C@H]2C)c1. The molecule has 2 amide bonds. The molecular weight excluding hydrogens is 366 g/mol. The zero-order valence-electron chi connectivity index (χ0n) is 14.0. The standard InChI is InChI=1S/C19H22BrN3O/c1-14-4-3-5-18(12-14)23-11-10-22(13-15(23)2)19(24)21-17-8-6-16(20)7-9-17/h3-9,12,15H,10-11,13H2,1-2H3,(H,21,24)/t15-/m1/s1. The van der Waals surface area contributed by atoms with Crippen molar-refractivity contribution in [3.8, 4) is 0 Å². The zero-order chi connectivity index (χ0) is 17.1. The predicted octanol–water partition coefficient (Wildman–Crippen LogP) is 4.50. The number of amides is 2. The van der Waals surface area contributed by atoms with Crippen molar-refractivity contribution in [3.63, 3.8) is 0 Å². The molecule has 1 N–H and O–H groups in total. The Morgan fingerprint density at radius 1 is 1.17 bits per heavy atom. The molecule has 1 heterocycles. The maximum Gasteiger partial charge on any atom is 0.321 e. The van der Waals surface area contributed by atoms with Crippen LogP contribution in [0.1, 0.15) is 12.5 Å². The molecule has 2 aromatic carbocycles. The van der Waals surface area contributed by atoms with E-state index in [1.807, 2.05) is 29.2 Å². The molecule has 1 aliphatic rings. The van der Waals surface area contributed by atoms with E-state index in [1.165, 1.54) is 11.3 Å². The molecule has 0 spiro atoms. The third kappa shape index (κ3) is 3.90. The molecule has 1 saturated heterocycles. The fraction of sp³-hybridized carbons (Fsp3) is 0.316. The van der Waals surface area contributed by atoms with Crippen molar-refractivity contribution >= 4 is 33.3 Å². The number of anilines is 2. The highest BCUT2D eigenvalue weighted by Crippen LogP contribution is 2.22. The van der Waals surface area contributed by atoms with Crippen molar-refractivity contribution < 1.29 is 4.79 Å². The third-order valence-electron chi connectivity index (χ3n) is 4.34. The summed E-state index contributed by atoms with van der Waals surface area (Å²) in [4.78, 5) is 16.7. The molecule has 0 unspecified atom stereocenters. The average molecular weight is 388 g/mol. The summed E-state index contributed by atoms with van der Waals surface area (Å²) in [5.41, 5.74) is 3.31. The maximum atomic E-state index is 12.5. The summed E-state index contributed by atoms with van der Waals surface area (Å²) in [6.45, 7) is 6.56. The number of carbonyl (C=O) groups excluding carboxylic acids is 1. The van der Waals surface area contributed by atoms with E-state index in [2.05, 4.69) is 64.3 Å². The van der Waals surface area contributed by atoms with Crippen LogP contribution in [0.3, 0.4) is 0 Å². The Bertz CT molecular complexity index is 717. The largest absolute Gasteiger partial charge is 0.365 e. The van der Waals surface area contributed by atoms with E-state index in [0.29, 0.717) is 0 Å². The first-order valence-corrected chi connectivity index (χ1v) is 8.97. The molecule has 0 radical (unpaired) electrons. The highest BCUT2D eigenvalue weighted by Gasteiger charge is 2.26. The van der Waals surface area contributed by atoms with Gasteiger partial charge < -0.3 is 15.1 Å². The van der Waals surface area contributed by atoms with Crippen molar-refractivity contribution in [2.45, 2.75) is 19.9 Å². The lowest BCUT2D eigenvalue weighted by Crippen LogP contribution is -2.54. The number of carbonyl (C=O) groups is 1. The van der Waals surface area contributed by atoms with Crippen LogP contribution >= 0.6 is 15.9 Å². The van der Waals surface area contributed by atoms with Gasteiger partial charge in [0.2, 0.25) is 0 Å². The van der Waals surface area contributed by atoms with E-state index in [9.17, 15) is 4.79 Å². The Kier molecular flexibility index (Phi) is 5.09. The quantitative estimate of drug-likeness (QED) is 0.822. The molecule has 5 heteroatoms. The Labute approximate surface area is 151 Å². The van der Waals surface area contributed by atoms with Gasteiger partial charge in [-0.15, -0.1) is 0 Å². The van der Waals surface area contributed by atoms with Gasteiger partial charge in [0.15, 0.2) is 0 Å². The second kappa shape index (κ2) is 7.26. The van der Waals surface area contributed by atoms with Crippen molar-refractivity contribution in [1.29, 1.82) is 0 Å². The smallest absolute Gasteiger partial charge is 0.321 e.